The highest BCUT2D eigenvalue weighted by atomic mass is 35.5. The number of nitrogens with one attached hydrogen (secondary N) is 1. The lowest BCUT2D eigenvalue weighted by Gasteiger charge is -2.11. The summed E-state index contributed by atoms with van der Waals surface area (Å²) in [4.78, 5) is 24.4. The van der Waals surface area contributed by atoms with Gasteiger partial charge < -0.3 is 19.4 Å². The van der Waals surface area contributed by atoms with Crippen LogP contribution < -0.4 is 10.1 Å². The number of ether oxygens (including phenoxy) is 2. The van der Waals surface area contributed by atoms with Gasteiger partial charge in [0.25, 0.3) is 0 Å². The molecule has 0 aliphatic carbocycles. The second-order valence-electron chi connectivity index (χ2n) is 5.63. The molecule has 0 atom stereocenters. The lowest BCUT2D eigenvalue weighted by Crippen LogP contribution is -2.14. The predicted molar refractivity (Wildman–Crippen MR) is 97.7 cm³/mol. The average molecular weight is 376 g/mol. The topological polar surface area (TPSA) is 91.2 Å². The Balaban J connectivity index is 1.82. The summed E-state index contributed by atoms with van der Waals surface area (Å²) in [7, 11) is 3.36. The highest BCUT2D eigenvalue weighted by molar-refractivity contribution is 6.29. The number of rotatable bonds is 6. The number of halogens is 1. The van der Waals surface area contributed by atoms with E-state index in [0.717, 1.165) is 11.1 Å². The largest absolute Gasteiger partial charge is 0.455 e. The Hall–Kier alpha value is -2.71. The van der Waals surface area contributed by atoms with Crippen LogP contribution in [0.2, 0.25) is 5.28 Å². The number of anilines is 1. The first-order valence-corrected chi connectivity index (χ1v) is 8.27. The molecule has 0 fully saturated rings. The monoisotopic (exact) mass is 375 g/mol. The van der Waals surface area contributed by atoms with Crippen molar-refractivity contribution in [1.82, 2.24) is 19.5 Å². The molecular weight excluding hydrogens is 358 g/mol. The number of hydrogen-bond donors (Lipinski definition) is 1. The summed E-state index contributed by atoms with van der Waals surface area (Å²) in [5.74, 6) is 1.32. The molecule has 3 aromatic rings. The van der Waals surface area contributed by atoms with E-state index in [4.69, 9.17) is 21.1 Å². The normalized spacial score (nSPS) is 10.9. The fourth-order valence-corrected chi connectivity index (χ4v) is 2.64. The second-order valence-corrected chi connectivity index (χ2v) is 5.97. The number of pyridine rings is 2. The van der Waals surface area contributed by atoms with Crippen molar-refractivity contribution in [2.24, 2.45) is 7.05 Å². The molecule has 8 nitrogen and oxygen atoms in total. The van der Waals surface area contributed by atoms with Crippen LogP contribution in [0.25, 0.3) is 11.2 Å². The van der Waals surface area contributed by atoms with Gasteiger partial charge in [0.2, 0.25) is 11.2 Å². The maximum absolute atomic E-state index is 11.8. The summed E-state index contributed by atoms with van der Waals surface area (Å²) in [5, 5.41) is 3.06. The van der Waals surface area contributed by atoms with Crippen molar-refractivity contribution in [3.8, 4) is 11.5 Å². The first-order chi connectivity index (χ1) is 12.5. The van der Waals surface area contributed by atoms with Gasteiger partial charge in [-0.3, -0.25) is 4.79 Å². The summed E-state index contributed by atoms with van der Waals surface area (Å²) in [5.41, 5.74) is 2.22. The molecule has 0 bridgehead atoms. The van der Waals surface area contributed by atoms with Gasteiger partial charge in [0.05, 0.1) is 24.7 Å². The molecule has 3 rings (SSSR count). The molecule has 3 aromatic heterocycles. The zero-order chi connectivity index (χ0) is 18.7. The van der Waals surface area contributed by atoms with Crippen LogP contribution in [0.4, 0.5) is 5.82 Å². The highest BCUT2D eigenvalue weighted by Crippen LogP contribution is 2.30. The number of methoxy groups -OCH3 is 1. The minimum absolute atomic E-state index is 0.180. The molecule has 0 aliphatic heterocycles. The predicted octanol–water partition coefficient (Wildman–Crippen LogP) is 3.09. The molecule has 0 saturated heterocycles. The van der Waals surface area contributed by atoms with Gasteiger partial charge in [-0.1, -0.05) is 0 Å². The van der Waals surface area contributed by atoms with Crippen molar-refractivity contribution in [2.75, 3.05) is 19.0 Å². The Morgan fingerprint density at radius 3 is 2.96 bits per heavy atom. The average Bonchev–Trinajstić information content (AvgIpc) is 2.91. The first-order valence-electron chi connectivity index (χ1n) is 7.90. The Bertz CT molecular complexity index is 957. The van der Waals surface area contributed by atoms with E-state index >= 15 is 0 Å². The van der Waals surface area contributed by atoms with Gasteiger partial charge in [0, 0.05) is 32.0 Å². The van der Waals surface area contributed by atoms with Gasteiger partial charge in [-0.05, 0) is 24.6 Å². The number of aromatic nitrogens is 4. The zero-order valence-corrected chi connectivity index (χ0v) is 15.4. The van der Waals surface area contributed by atoms with Crippen LogP contribution in [0.3, 0.4) is 0 Å². The molecule has 1 amide bonds. The van der Waals surface area contributed by atoms with E-state index in [1.165, 1.54) is 0 Å². The molecular formula is C17H18ClN5O3. The fourth-order valence-electron chi connectivity index (χ4n) is 2.47. The summed E-state index contributed by atoms with van der Waals surface area (Å²) in [6.45, 7) is 2.26. The van der Waals surface area contributed by atoms with E-state index in [1.54, 1.807) is 36.2 Å². The van der Waals surface area contributed by atoms with Crippen LogP contribution in [0, 0.1) is 6.92 Å². The van der Waals surface area contributed by atoms with Gasteiger partial charge in [-0.15, -0.1) is 0 Å². The van der Waals surface area contributed by atoms with Gasteiger partial charge in [0.1, 0.15) is 11.6 Å². The Kier molecular flexibility index (Phi) is 5.34. The molecule has 136 valence electrons. The van der Waals surface area contributed by atoms with Gasteiger partial charge >= 0.3 is 0 Å². The molecule has 0 unspecified atom stereocenters. The smallest absolute Gasteiger partial charge is 0.227 e. The minimum Gasteiger partial charge on any atom is -0.455 e. The number of imidazole rings is 1. The fraction of sp³-hybridized carbons (Fsp3) is 0.294. The number of amides is 1. The molecule has 0 aliphatic rings. The lowest BCUT2D eigenvalue weighted by molar-refractivity contribution is -0.117. The maximum atomic E-state index is 11.8. The summed E-state index contributed by atoms with van der Waals surface area (Å²) >= 11 is 6.06. The van der Waals surface area contributed by atoms with Crippen LogP contribution in [-0.4, -0.2) is 39.1 Å². The Labute approximate surface area is 155 Å². The third-order valence-corrected chi connectivity index (χ3v) is 4.15. The summed E-state index contributed by atoms with van der Waals surface area (Å²) in [6.07, 6.45) is 3.41. The summed E-state index contributed by atoms with van der Waals surface area (Å²) in [6, 6.07) is 3.34. The Morgan fingerprint density at radius 1 is 1.38 bits per heavy atom. The van der Waals surface area contributed by atoms with E-state index in [1.807, 2.05) is 14.0 Å². The standard InChI is InChI=1S/C17H18ClN5O3/c1-10-12(9-20-16-15(10)23(2)17(18)22-16)26-11-4-6-19-13(8-11)21-14(24)5-7-25-3/h4,6,8-9H,5,7H2,1-3H3,(H,19,21,24). The SMILES string of the molecule is COCCC(=O)Nc1cc(Oc2cnc3nc(Cl)n(C)c3c2C)ccn1. The molecule has 3 heterocycles. The minimum atomic E-state index is -0.180. The molecule has 9 heteroatoms. The van der Waals surface area contributed by atoms with Crippen molar-refractivity contribution in [1.29, 1.82) is 0 Å². The molecule has 0 radical (unpaired) electrons. The molecule has 0 saturated carbocycles. The van der Waals surface area contributed by atoms with Crippen LogP contribution in [0.5, 0.6) is 11.5 Å². The van der Waals surface area contributed by atoms with Crippen molar-refractivity contribution >= 4 is 34.5 Å². The van der Waals surface area contributed by atoms with E-state index in [2.05, 4.69) is 20.3 Å². The maximum Gasteiger partial charge on any atom is 0.227 e. The van der Waals surface area contributed by atoms with Crippen molar-refractivity contribution in [2.45, 2.75) is 13.3 Å². The number of aryl methyl sites for hydroxylation is 2. The summed E-state index contributed by atoms with van der Waals surface area (Å²) < 4.78 is 12.6. The quantitative estimate of drug-likeness (QED) is 0.711. The molecule has 1 N–H and O–H groups in total. The number of carbonyl (C=O) groups excluding carboxylic acids is 1. The zero-order valence-electron chi connectivity index (χ0n) is 14.6. The van der Waals surface area contributed by atoms with Crippen LogP contribution >= 0.6 is 11.6 Å². The van der Waals surface area contributed by atoms with Crippen molar-refractivity contribution in [3.05, 3.63) is 35.4 Å². The third-order valence-electron chi connectivity index (χ3n) is 3.81. The first kappa shape index (κ1) is 18.1. The third kappa shape index (κ3) is 3.76. The van der Waals surface area contributed by atoms with Crippen LogP contribution in [0.1, 0.15) is 12.0 Å². The van der Waals surface area contributed by atoms with Crippen LogP contribution in [0.15, 0.2) is 24.5 Å². The molecule has 0 aromatic carbocycles. The van der Waals surface area contributed by atoms with E-state index in [9.17, 15) is 4.79 Å². The van der Waals surface area contributed by atoms with E-state index in [-0.39, 0.29) is 12.3 Å². The van der Waals surface area contributed by atoms with Crippen LogP contribution in [-0.2, 0) is 16.6 Å². The highest BCUT2D eigenvalue weighted by Gasteiger charge is 2.14. The number of fused-ring (bicyclic) bond motifs is 1. The Morgan fingerprint density at radius 2 is 2.19 bits per heavy atom. The van der Waals surface area contributed by atoms with Crippen molar-refractivity contribution in [3.63, 3.8) is 0 Å². The molecule has 0 spiro atoms. The van der Waals surface area contributed by atoms with Gasteiger partial charge in [-0.25, -0.2) is 9.97 Å². The van der Waals surface area contributed by atoms with E-state index in [0.29, 0.717) is 34.9 Å². The number of carbonyl (C=O) groups is 1. The second kappa shape index (κ2) is 7.67. The number of nitrogens with zero attached hydrogens (tertiary/aromatic N) is 4. The lowest BCUT2D eigenvalue weighted by atomic mass is 10.2. The van der Waals surface area contributed by atoms with Gasteiger partial charge in [0.15, 0.2) is 11.4 Å². The number of hydrogen-bond acceptors (Lipinski definition) is 6. The molecule has 26 heavy (non-hydrogen) atoms. The van der Waals surface area contributed by atoms with Gasteiger partial charge in [-0.2, -0.15) is 4.98 Å². The van der Waals surface area contributed by atoms with E-state index < -0.39 is 0 Å². The van der Waals surface area contributed by atoms with Crippen molar-refractivity contribution < 1.29 is 14.3 Å².